The quantitative estimate of drug-likeness (QED) is 0.591. The molecule has 0 atom stereocenters. The number of fused-ring (bicyclic) bond motifs is 1. The Hall–Kier alpha value is -2.02. The minimum Gasteiger partial charge on any atom is -0.452 e. The molecule has 0 radical (unpaired) electrons. The standard InChI is InChI=1S/C16H10Cl2O5S/c1-24(20,21)23-9-5-6-10-14(7-9)22-15(16(10)19)8-11-12(17)3-2-4-13(11)18/h2-8H,1H3/b15-8+. The first-order chi connectivity index (χ1) is 11.2. The third-order valence-corrected chi connectivity index (χ3v) is 4.32. The molecular weight excluding hydrogens is 375 g/mol. The van der Waals surface area contributed by atoms with Crippen molar-refractivity contribution < 1.29 is 22.1 Å². The van der Waals surface area contributed by atoms with Crippen molar-refractivity contribution in [2.45, 2.75) is 0 Å². The molecule has 1 heterocycles. The Morgan fingerprint density at radius 3 is 2.42 bits per heavy atom. The van der Waals surface area contributed by atoms with E-state index in [1.807, 2.05) is 0 Å². The monoisotopic (exact) mass is 384 g/mol. The summed E-state index contributed by atoms with van der Waals surface area (Å²) in [5, 5.41) is 0.756. The summed E-state index contributed by atoms with van der Waals surface area (Å²) in [5.41, 5.74) is 0.759. The lowest BCUT2D eigenvalue weighted by Gasteiger charge is -2.04. The SMILES string of the molecule is CS(=O)(=O)Oc1ccc2c(c1)O/C(=C/c1c(Cl)cccc1Cl)C2=O. The molecule has 1 aliphatic heterocycles. The average Bonchev–Trinajstić information content (AvgIpc) is 2.77. The summed E-state index contributed by atoms with van der Waals surface area (Å²) in [7, 11) is -3.67. The van der Waals surface area contributed by atoms with Crippen LogP contribution in [-0.4, -0.2) is 20.5 Å². The Balaban J connectivity index is 1.98. The molecule has 0 amide bonds. The first kappa shape index (κ1) is 16.8. The minimum absolute atomic E-state index is 0.0384. The van der Waals surface area contributed by atoms with Gasteiger partial charge in [-0.15, -0.1) is 0 Å². The molecule has 124 valence electrons. The van der Waals surface area contributed by atoms with Gasteiger partial charge < -0.3 is 8.92 Å². The van der Waals surface area contributed by atoms with E-state index in [0.29, 0.717) is 21.2 Å². The number of ketones is 1. The second kappa shape index (κ2) is 6.12. The number of hydrogen-bond donors (Lipinski definition) is 0. The van der Waals surface area contributed by atoms with Crippen molar-refractivity contribution in [2.75, 3.05) is 6.26 Å². The molecule has 0 spiro atoms. The third kappa shape index (κ3) is 3.40. The number of benzene rings is 2. The molecule has 2 aromatic carbocycles. The van der Waals surface area contributed by atoms with Crippen LogP contribution in [-0.2, 0) is 10.1 Å². The molecule has 0 aliphatic carbocycles. The highest BCUT2D eigenvalue weighted by atomic mass is 35.5. The fourth-order valence-electron chi connectivity index (χ4n) is 2.17. The van der Waals surface area contributed by atoms with Gasteiger partial charge in [-0.2, -0.15) is 8.42 Å². The van der Waals surface area contributed by atoms with Gasteiger partial charge in [-0.25, -0.2) is 0 Å². The van der Waals surface area contributed by atoms with Gasteiger partial charge in [0.05, 0.1) is 11.8 Å². The van der Waals surface area contributed by atoms with Crippen molar-refractivity contribution in [3.8, 4) is 11.5 Å². The van der Waals surface area contributed by atoms with E-state index < -0.39 is 10.1 Å². The van der Waals surface area contributed by atoms with Gasteiger partial charge in [-0.1, -0.05) is 29.3 Å². The van der Waals surface area contributed by atoms with Gasteiger partial charge >= 0.3 is 10.1 Å². The molecule has 0 unspecified atom stereocenters. The Morgan fingerprint density at radius 1 is 1.12 bits per heavy atom. The van der Waals surface area contributed by atoms with E-state index in [-0.39, 0.29) is 23.0 Å². The first-order valence-electron chi connectivity index (χ1n) is 6.66. The maximum absolute atomic E-state index is 12.4. The van der Waals surface area contributed by atoms with E-state index >= 15 is 0 Å². The number of carbonyl (C=O) groups is 1. The normalized spacial score (nSPS) is 15.3. The summed E-state index contributed by atoms with van der Waals surface area (Å²) in [6.07, 6.45) is 2.38. The van der Waals surface area contributed by atoms with E-state index in [2.05, 4.69) is 0 Å². The van der Waals surface area contributed by atoms with Crippen LogP contribution in [0.15, 0.2) is 42.2 Å². The average molecular weight is 385 g/mol. The lowest BCUT2D eigenvalue weighted by Crippen LogP contribution is -2.05. The van der Waals surface area contributed by atoms with Gasteiger partial charge in [0, 0.05) is 21.7 Å². The summed E-state index contributed by atoms with van der Waals surface area (Å²) < 4.78 is 32.6. The molecule has 2 aromatic rings. The van der Waals surface area contributed by atoms with Crippen molar-refractivity contribution in [1.29, 1.82) is 0 Å². The molecular formula is C16H10Cl2O5S. The topological polar surface area (TPSA) is 69.7 Å². The van der Waals surface area contributed by atoms with Crippen LogP contribution in [0.5, 0.6) is 11.5 Å². The van der Waals surface area contributed by atoms with Crippen LogP contribution >= 0.6 is 23.2 Å². The highest BCUT2D eigenvalue weighted by molar-refractivity contribution is 7.86. The van der Waals surface area contributed by atoms with Crippen molar-refractivity contribution in [1.82, 2.24) is 0 Å². The fourth-order valence-corrected chi connectivity index (χ4v) is 3.13. The van der Waals surface area contributed by atoms with E-state index in [1.165, 1.54) is 24.3 Å². The smallest absolute Gasteiger partial charge is 0.306 e. The zero-order chi connectivity index (χ0) is 17.5. The predicted molar refractivity (Wildman–Crippen MR) is 91.3 cm³/mol. The molecule has 0 bridgehead atoms. The van der Waals surface area contributed by atoms with Gasteiger partial charge in [0.1, 0.15) is 11.5 Å². The van der Waals surface area contributed by atoms with Crippen LogP contribution in [0, 0.1) is 0 Å². The second-order valence-corrected chi connectivity index (χ2v) is 7.41. The number of hydrogen-bond acceptors (Lipinski definition) is 5. The molecule has 0 saturated carbocycles. The van der Waals surface area contributed by atoms with Crippen LogP contribution in [0.3, 0.4) is 0 Å². The lowest BCUT2D eigenvalue weighted by atomic mass is 10.1. The largest absolute Gasteiger partial charge is 0.452 e. The van der Waals surface area contributed by atoms with E-state index in [4.69, 9.17) is 32.1 Å². The van der Waals surface area contributed by atoms with Gasteiger partial charge in [0.15, 0.2) is 5.76 Å². The summed E-state index contributed by atoms with van der Waals surface area (Å²) in [6, 6.07) is 9.13. The summed E-state index contributed by atoms with van der Waals surface area (Å²) in [4.78, 5) is 12.4. The number of allylic oxidation sites excluding steroid dienone is 1. The van der Waals surface area contributed by atoms with E-state index in [0.717, 1.165) is 6.26 Å². The highest BCUT2D eigenvalue weighted by Crippen LogP contribution is 2.36. The molecule has 0 fully saturated rings. The molecule has 0 N–H and O–H groups in total. The fraction of sp³-hybridized carbons (Fsp3) is 0.0625. The third-order valence-electron chi connectivity index (χ3n) is 3.16. The number of Topliss-reactive ketones (excluding diaryl/α,β-unsaturated/α-hetero) is 1. The number of ether oxygens (including phenoxy) is 1. The van der Waals surface area contributed by atoms with E-state index in [1.54, 1.807) is 18.2 Å². The summed E-state index contributed by atoms with van der Waals surface area (Å²) >= 11 is 12.2. The van der Waals surface area contributed by atoms with Gasteiger partial charge in [-0.3, -0.25) is 4.79 Å². The summed E-state index contributed by atoms with van der Waals surface area (Å²) in [6.45, 7) is 0. The van der Waals surface area contributed by atoms with Gasteiger partial charge in [0.25, 0.3) is 0 Å². The van der Waals surface area contributed by atoms with E-state index in [9.17, 15) is 13.2 Å². The molecule has 0 aromatic heterocycles. The van der Waals surface area contributed by atoms with Crippen LogP contribution in [0.4, 0.5) is 0 Å². The second-order valence-electron chi connectivity index (χ2n) is 5.02. The Morgan fingerprint density at radius 2 is 1.79 bits per heavy atom. The molecule has 8 heteroatoms. The van der Waals surface area contributed by atoms with Crippen LogP contribution < -0.4 is 8.92 Å². The zero-order valence-corrected chi connectivity index (χ0v) is 14.6. The molecule has 0 saturated heterocycles. The van der Waals surface area contributed by atoms with Crippen molar-refractivity contribution >= 4 is 45.2 Å². The Bertz CT molecular complexity index is 960. The molecule has 1 aliphatic rings. The molecule has 3 rings (SSSR count). The van der Waals surface area contributed by atoms with Crippen molar-refractivity contribution in [3.05, 3.63) is 63.3 Å². The summed E-state index contributed by atoms with van der Waals surface area (Å²) in [5.74, 6) is -0.0555. The van der Waals surface area contributed by atoms with Crippen molar-refractivity contribution in [3.63, 3.8) is 0 Å². The predicted octanol–water partition coefficient (Wildman–Crippen LogP) is 3.95. The Kier molecular flexibility index (Phi) is 4.29. The van der Waals surface area contributed by atoms with Crippen molar-refractivity contribution in [2.24, 2.45) is 0 Å². The molecule has 24 heavy (non-hydrogen) atoms. The van der Waals surface area contributed by atoms with Gasteiger partial charge in [0.2, 0.25) is 5.78 Å². The Labute approximate surface area is 148 Å². The maximum atomic E-state index is 12.4. The van der Waals surface area contributed by atoms with Crippen LogP contribution in [0.1, 0.15) is 15.9 Å². The molecule has 5 nitrogen and oxygen atoms in total. The van der Waals surface area contributed by atoms with Gasteiger partial charge in [-0.05, 0) is 30.3 Å². The number of carbonyl (C=O) groups excluding carboxylic acids is 1. The minimum atomic E-state index is -3.67. The lowest BCUT2D eigenvalue weighted by molar-refractivity contribution is 0.101. The maximum Gasteiger partial charge on any atom is 0.306 e. The van der Waals surface area contributed by atoms with Crippen LogP contribution in [0.25, 0.3) is 6.08 Å². The number of halogens is 2. The first-order valence-corrected chi connectivity index (χ1v) is 9.23. The zero-order valence-electron chi connectivity index (χ0n) is 12.2. The number of rotatable bonds is 3. The highest BCUT2D eigenvalue weighted by Gasteiger charge is 2.28. The van der Waals surface area contributed by atoms with Crippen LogP contribution in [0.2, 0.25) is 10.0 Å².